The lowest BCUT2D eigenvalue weighted by Gasteiger charge is -2.10. The fraction of sp³-hybridized carbons (Fsp3) is 0.133. The highest BCUT2D eigenvalue weighted by Gasteiger charge is 2.13. The van der Waals surface area contributed by atoms with Crippen LogP contribution in [0.5, 0.6) is 0 Å². The van der Waals surface area contributed by atoms with Crippen molar-refractivity contribution in [2.75, 3.05) is 16.3 Å². The number of sulfonamides is 1. The van der Waals surface area contributed by atoms with Crippen molar-refractivity contribution in [3.8, 4) is 0 Å². The minimum Gasteiger partial charge on any atom is -0.322 e. The van der Waals surface area contributed by atoms with Crippen molar-refractivity contribution >= 4 is 27.3 Å². The highest BCUT2D eigenvalue weighted by atomic mass is 32.2. The highest BCUT2D eigenvalue weighted by molar-refractivity contribution is 7.92. The average Bonchev–Trinajstić information content (AvgIpc) is 2.43. The summed E-state index contributed by atoms with van der Waals surface area (Å²) < 4.78 is 51.2. The summed E-state index contributed by atoms with van der Waals surface area (Å²) in [6, 6.07) is 7.17. The first-order chi connectivity index (χ1) is 10.7. The molecule has 0 aromatic heterocycles. The van der Waals surface area contributed by atoms with Gasteiger partial charge in [-0.2, -0.15) is 0 Å². The number of carbonyl (C=O) groups is 1. The number of nitrogens with one attached hydrogen (secondary N) is 2. The van der Waals surface area contributed by atoms with Gasteiger partial charge in [0, 0.05) is 11.3 Å². The zero-order chi connectivity index (χ0) is 17.2. The van der Waals surface area contributed by atoms with Gasteiger partial charge in [-0.1, -0.05) is 6.07 Å². The second-order valence-electron chi connectivity index (χ2n) is 4.98. The van der Waals surface area contributed by atoms with E-state index in [9.17, 15) is 22.0 Å². The van der Waals surface area contributed by atoms with Crippen molar-refractivity contribution < 1.29 is 22.0 Å². The zero-order valence-corrected chi connectivity index (χ0v) is 13.2. The van der Waals surface area contributed by atoms with Crippen molar-refractivity contribution in [2.45, 2.75) is 6.92 Å². The molecule has 23 heavy (non-hydrogen) atoms. The molecular weight excluding hydrogens is 326 g/mol. The van der Waals surface area contributed by atoms with Gasteiger partial charge in [-0.3, -0.25) is 9.52 Å². The maximum atomic E-state index is 13.6. The van der Waals surface area contributed by atoms with Gasteiger partial charge in [0.15, 0.2) is 0 Å². The summed E-state index contributed by atoms with van der Waals surface area (Å²) in [6.07, 6.45) is 0.870. The topological polar surface area (TPSA) is 75.3 Å². The van der Waals surface area contributed by atoms with Crippen LogP contribution in [-0.2, 0) is 10.0 Å². The summed E-state index contributed by atoms with van der Waals surface area (Å²) in [5.74, 6) is -1.94. The predicted molar refractivity (Wildman–Crippen MR) is 84.0 cm³/mol. The number of anilines is 2. The third-order valence-corrected chi connectivity index (χ3v) is 3.56. The molecule has 1 amide bonds. The molecule has 0 unspecified atom stereocenters. The van der Waals surface area contributed by atoms with Crippen LogP contribution in [0, 0.1) is 18.6 Å². The fourth-order valence-electron chi connectivity index (χ4n) is 1.87. The number of hydrogen-bond donors (Lipinski definition) is 2. The summed E-state index contributed by atoms with van der Waals surface area (Å²) in [6.45, 7) is 1.69. The molecule has 5 nitrogen and oxygen atoms in total. The number of carbonyl (C=O) groups excluding carboxylic acids is 1. The normalized spacial score (nSPS) is 11.1. The molecule has 0 heterocycles. The summed E-state index contributed by atoms with van der Waals surface area (Å²) in [5.41, 5.74) is 0.616. The highest BCUT2D eigenvalue weighted by Crippen LogP contribution is 2.20. The maximum Gasteiger partial charge on any atom is 0.255 e. The SMILES string of the molecule is Cc1ccc(F)cc1NC(=O)c1ccc(F)c(NS(C)(=O)=O)c1. The standard InChI is InChI=1S/C15H14F2N2O3S/c1-9-3-5-11(16)8-13(9)18-15(20)10-4-6-12(17)14(7-10)19-23(2,21)22/h3-8,19H,1-2H3,(H,18,20). The van der Waals surface area contributed by atoms with E-state index in [0.717, 1.165) is 24.5 Å². The number of halogens is 2. The summed E-state index contributed by atoms with van der Waals surface area (Å²) in [7, 11) is -3.68. The van der Waals surface area contributed by atoms with Crippen molar-refractivity contribution in [1.29, 1.82) is 0 Å². The molecule has 0 aliphatic rings. The predicted octanol–water partition coefficient (Wildman–Crippen LogP) is 2.90. The quantitative estimate of drug-likeness (QED) is 0.899. The molecule has 0 saturated heterocycles. The first-order valence-electron chi connectivity index (χ1n) is 6.50. The van der Waals surface area contributed by atoms with Crippen molar-refractivity contribution in [3.63, 3.8) is 0 Å². The van der Waals surface area contributed by atoms with Crippen LogP contribution < -0.4 is 10.0 Å². The molecule has 2 rings (SSSR count). The number of aryl methyl sites for hydroxylation is 1. The zero-order valence-electron chi connectivity index (χ0n) is 12.4. The molecule has 0 spiro atoms. The Kier molecular flexibility index (Phi) is 4.65. The van der Waals surface area contributed by atoms with E-state index in [1.165, 1.54) is 18.2 Å². The number of rotatable bonds is 4. The van der Waals surface area contributed by atoms with Crippen molar-refractivity contribution in [1.82, 2.24) is 0 Å². The van der Waals surface area contributed by atoms with Crippen LogP contribution >= 0.6 is 0 Å². The molecule has 0 aliphatic carbocycles. The van der Waals surface area contributed by atoms with Crippen LogP contribution in [0.2, 0.25) is 0 Å². The van der Waals surface area contributed by atoms with Crippen LogP contribution in [-0.4, -0.2) is 20.6 Å². The minimum atomic E-state index is -3.68. The van der Waals surface area contributed by atoms with Gasteiger partial charge in [0.05, 0.1) is 11.9 Å². The Balaban J connectivity index is 2.29. The van der Waals surface area contributed by atoms with Gasteiger partial charge in [-0.05, 0) is 42.8 Å². The molecule has 2 aromatic rings. The molecule has 8 heteroatoms. The minimum absolute atomic E-state index is 0.0289. The molecule has 2 aromatic carbocycles. The van der Waals surface area contributed by atoms with E-state index in [4.69, 9.17) is 0 Å². The van der Waals surface area contributed by atoms with Gasteiger partial charge in [0.1, 0.15) is 11.6 Å². The Morgan fingerprint density at radius 1 is 1.04 bits per heavy atom. The molecular formula is C15H14F2N2O3S. The van der Waals surface area contributed by atoms with E-state index >= 15 is 0 Å². The van der Waals surface area contributed by atoms with Gasteiger partial charge in [0.25, 0.3) is 5.91 Å². The van der Waals surface area contributed by atoms with E-state index < -0.39 is 27.6 Å². The van der Waals surface area contributed by atoms with Gasteiger partial charge in [0.2, 0.25) is 10.0 Å². The van der Waals surface area contributed by atoms with E-state index in [1.807, 2.05) is 4.72 Å². The van der Waals surface area contributed by atoms with Crippen molar-refractivity contribution in [3.05, 3.63) is 59.2 Å². The maximum absolute atomic E-state index is 13.6. The summed E-state index contributed by atoms with van der Waals surface area (Å²) in [5, 5.41) is 2.50. The molecule has 0 bridgehead atoms. The first-order valence-corrected chi connectivity index (χ1v) is 8.40. The second-order valence-corrected chi connectivity index (χ2v) is 6.73. The van der Waals surface area contributed by atoms with Gasteiger partial charge in [-0.25, -0.2) is 17.2 Å². The van der Waals surface area contributed by atoms with E-state index in [1.54, 1.807) is 6.92 Å². The van der Waals surface area contributed by atoms with Crippen molar-refractivity contribution in [2.24, 2.45) is 0 Å². The number of hydrogen-bond acceptors (Lipinski definition) is 3. The Labute approximate surface area is 132 Å². The van der Waals surface area contributed by atoms with E-state index in [0.29, 0.717) is 5.56 Å². The number of benzene rings is 2. The van der Waals surface area contributed by atoms with Crippen LogP contribution in [0.15, 0.2) is 36.4 Å². The molecule has 0 radical (unpaired) electrons. The average molecular weight is 340 g/mol. The van der Waals surface area contributed by atoms with E-state index in [-0.39, 0.29) is 16.9 Å². The summed E-state index contributed by atoms with van der Waals surface area (Å²) in [4.78, 5) is 12.2. The van der Waals surface area contributed by atoms with Gasteiger partial charge >= 0.3 is 0 Å². The van der Waals surface area contributed by atoms with Gasteiger partial charge in [-0.15, -0.1) is 0 Å². The Morgan fingerprint density at radius 2 is 1.74 bits per heavy atom. The Hall–Kier alpha value is -2.48. The molecule has 0 fully saturated rings. The number of amides is 1. The molecule has 2 N–H and O–H groups in total. The fourth-order valence-corrected chi connectivity index (χ4v) is 2.42. The molecule has 122 valence electrons. The van der Waals surface area contributed by atoms with Crippen LogP contribution in [0.3, 0.4) is 0 Å². The van der Waals surface area contributed by atoms with Crippen LogP contribution in [0.4, 0.5) is 20.2 Å². The second kappa shape index (κ2) is 6.33. The van der Waals surface area contributed by atoms with E-state index in [2.05, 4.69) is 5.32 Å². The molecule has 0 saturated carbocycles. The lowest BCUT2D eigenvalue weighted by atomic mass is 10.1. The Bertz CT molecular complexity index is 867. The Morgan fingerprint density at radius 3 is 2.39 bits per heavy atom. The lowest BCUT2D eigenvalue weighted by molar-refractivity contribution is 0.102. The first kappa shape index (κ1) is 16.9. The monoisotopic (exact) mass is 340 g/mol. The largest absolute Gasteiger partial charge is 0.322 e. The molecule has 0 atom stereocenters. The summed E-state index contributed by atoms with van der Waals surface area (Å²) >= 11 is 0. The molecule has 0 aliphatic heterocycles. The third-order valence-electron chi connectivity index (χ3n) is 2.97. The lowest BCUT2D eigenvalue weighted by Crippen LogP contribution is -2.15. The van der Waals surface area contributed by atoms with Gasteiger partial charge < -0.3 is 5.32 Å². The smallest absolute Gasteiger partial charge is 0.255 e. The van der Waals surface area contributed by atoms with Crippen LogP contribution in [0.1, 0.15) is 15.9 Å². The third kappa shape index (κ3) is 4.49. The van der Waals surface area contributed by atoms with Crippen LogP contribution in [0.25, 0.3) is 0 Å².